The summed E-state index contributed by atoms with van der Waals surface area (Å²) in [5.41, 5.74) is 3.76. The van der Waals surface area contributed by atoms with Crippen LogP contribution in [-0.4, -0.2) is 28.9 Å². The maximum absolute atomic E-state index is 13.0. The third-order valence-electron chi connectivity index (χ3n) is 4.77. The fourth-order valence-electron chi connectivity index (χ4n) is 3.47. The van der Waals surface area contributed by atoms with E-state index in [2.05, 4.69) is 18.0 Å². The number of aryl methyl sites for hydroxylation is 2. The Morgan fingerprint density at radius 3 is 2.59 bits per heavy atom. The summed E-state index contributed by atoms with van der Waals surface area (Å²) < 4.78 is 0. The van der Waals surface area contributed by atoms with E-state index in [4.69, 9.17) is 0 Å². The minimum absolute atomic E-state index is 0.132. The van der Waals surface area contributed by atoms with Crippen LogP contribution >= 0.6 is 0 Å². The second-order valence-electron chi connectivity index (χ2n) is 6.54. The first kappa shape index (κ1) is 15.0. The van der Waals surface area contributed by atoms with Crippen LogP contribution in [0.25, 0.3) is 10.9 Å². The molecule has 3 heteroatoms. The molecule has 3 rings (SSSR count). The summed E-state index contributed by atoms with van der Waals surface area (Å²) in [5.74, 6) is 0.132. The van der Waals surface area contributed by atoms with Crippen molar-refractivity contribution in [1.82, 2.24) is 9.88 Å². The third-order valence-corrected chi connectivity index (χ3v) is 4.77. The minimum Gasteiger partial charge on any atom is -0.339 e. The van der Waals surface area contributed by atoms with Gasteiger partial charge in [-0.15, -0.1) is 0 Å². The van der Waals surface area contributed by atoms with Crippen LogP contribution in [0.4, 0.5) is 0 Å². The van der Waals surface area contributed by atoms with Crippen LogP contribution in [-0.2, 0) is 0 Å². The van der Waals surface area contributed by atoms with E-state index in [9.17, 15) is 4.79 Å². The van der Waals surface area contributed by atoms with Gasteiger partial charge in [0.15, 0.2) is 0 Å². The van der Waals surface area contributed by atoms with Crippen LogP contribution in [0.5, 0.6) is 0 Å². The molecule has 0 unspecified atom stereocenters. The summed E-state index contributed by atoms with van der Waals surface area (Å²) in [4.78, 5) is 19.5. The van der Waals surface area contributed by atoms with E-state index >= 15 is 0 Å². The maximum Gasteiger partial charge on any atom is 0.254 e. The Hall–Kier alpha value is -1.90. The summed E-state index contributed by atoms with van der Waals surface area (Å²) in [6.07, 6.45) is 6.02. The lowest BCUT2D eigenvalue weighted by Gasteiger charge is -2.31. The van der Waals surface area contributed by atoms with E-state index in [0.717, 1.165) is 40.6 Å². The summed E-state index contributed by atoms with van der Waals surface area (Å²) >= 11 is 0. The molecule has 1 aromatic carbocycles. The van der Waals surface area contributed by atoms with Gasteiger partial charge in [0, 0.05) is 24.2 Å². The first-order valence-electron chi connectivity index (χ1n) is 8.21. The molecule has 1 heterocycles. The molecule has 0 spiro atoms. The smallest absolute Gasteiger partial charge is 0.254 e. The number of nitrogens with zero attached hydrogens (tertiary/aromatic N) is 2. The molecule has 1 aliphatic carbocycles. The average molecular weight is 296 g/mol. The molecule has 0 aliphatic heterocycles. The summed E-state index contributed by atoms with van der Waals surface area (Å²) in [7, 11) is 1.95. The van der Waals surface area contributed by atoms with Gasteiger partial charge in [-0.2, -0.15) is 0 Å². The predicted molar refractivity (Wildman–Crippen MR) is 90.2 cm³/mol. The molecule has 1 aliphatic rings. The number of benzene rings is 1. The molecule has 3 nitrogen and oxygen atoms in total. The van der Waals surface area contributed by atoms with Crippen LogP contribution in [0.3, 0.4) is 0 Å². The fourth-order valence-corrected chi connectivity index (χ4v) is 3.47. The number of carbonyl (C=O) groups is 1. The average Bonchev–Trinajstić information content (AvgIpc) is 2.54. The maximum atomic E-state index is 13.0. The van der Waals surface area contributed by atoms with Crippen molar-refractivity contribution in [2.75, 3.05) is 7.05 Å². The van der Waals surface area contributed by atoms with Crippen molar-refractivity contribution in [1.29, 1.82) is 0 Å². The molecule has 1 amide bonds. The molecule has 0 saturated heterocycles. The number of hydrogen-bond acceptors (Lipinski definition) is 2. The van der Waals surface area contributed by atoms with Crippen molar-refractivity contribution in [3.63, 3.8) is 0 Å². The van der Waals surface area contributed by atoms with Crippen LogP contribution in [0.2, 0.25) is 0 Å². The van der Waals surface area contributed by atoms with Crippen LogP contribution in [0, 0.1) is 13.8 Å². The Morgan fingerprint density at radius 2 is 1.86 bits per heavy atom. The molecular formula is C19H24N2O. The second kappa shape index (κ2) is 6.07. The van der Waals surface area contributed by atoms with Gasteiger partial charge in [0.05, 0.1) is 11.1 Å². The van der Waals surface area contributed by atoms with Gasteiger partial charge in [0.2, 0.25) is 0 Å². The number of fused-ring (bicyclic) bond motifs is 1. The van der Waals surface area contributed by atoms with E-state index in [0.29, 0.717) is 6.04 Å². The van der Waals surface area contributed by atoms with E-state index in [1.165, 1.54) is 19.3 Å². The topological polar surface area (TPSA) is 33.2 Å². The van der Waals surface area contributed by atoms with Gasteiger partial charge < -0.3 is 4.90 Å². The third kappa shape index (κ3) is 2.85. The molecule has 2 aromatic rings. The van der Waals surface area contributed by atoms with Gasteiger partial charge in [-0.05, 0) is 44.9 Å². The van der Waals surface area contributed by atoms with Crippen LogP contribution in [0.1, 0.15) is 53.7 Å². The van der Waals surface area contributed by atoms with Crippen molar-refractivity contribution >= 4 is 16.8 Å². The largest absolute Gasteiger partial charge is 0.339 e. The summed E-state index contributed by atoms with van der Waals surface area (Å²) in [6, 6.07) is 8.45. The SMILES string of the molecule is Cc1ccc2nc(C)cc(C(=O)N(C)C3CCCCC3)c2c1. The lowest BCUT2D eigenvalue weighted by molar-refractivity contribution is 0.0698. The van der Waals surface area contributed by atoms with Gasteiger partial charge in [-0.3, -0.25) is 9.78 Å². The van der Waals surface area contributed by atoms with Crippen LogP contribution in [0.15, 0.2) is 24.3 Å². The van der Waals surface area contributed by atoms with Crippen molar-refractivity contribution < 1.29 is 4.79 Å². The van der Waals surface area contributed by atoms with E-state index < -0.39 is 0 Å². The zero-order valence-corrected chi connectivity index (χ0v) is 13.7. The lowest BCUT2D eigenvalue weighted by atomic mass is 9.93. The number of aromatic nitrogens is 1. The molecule has 116 valence electrons. The molecule has 0 atom stereocenters. The van der Waals surface area contributed by atoms with Crippen molar-refractivity contribution in [3.8, 4) is 0 Å². The summed E-state index contributed by atoms with van der Waals surface area (Å²) in [6.45, 7) is 4.01. The number of rotatable bonds is 2. The molecule has 1 aromatic heterocycles. The summed E-state index contributed by atoms with van der Waals surface area (Å²) in [5, 5.41) is 0.971. The Labute approximate surface area is 132 Å². The highest BCUT2D eigenvalue weighted by atomic mass is 16.2. The molecule has 1 fully saturated rings. The molecule has 1 saturated carbocycles. The predicted octanol–water partition coefficient (Wildman–Crippen LogP) is 4.26. The zero-order valence-electron chi connectivity index (χ0n) is 13.7. The van der Waals surface area contributed by atoms with Crippen LogP contribution < -0.4 is 0 Å². The number of pyridine rings is 1. The van der Waals surface area contributed by atoms with Crippen molar-refractivity contribution in [2.45, 2.75) is 52.0 Å². The lowest BCUT2D eigenvalue weighted by Crippen LogP contribution is -2.38. The monoisotopic (exact) mass is 296 g/mol. The highest BCUT2D eigenvalue weighted by molar-refractivity contribution is 6.06. The normalized spacial score (nSPS) is 16.0. The molecule has 0 N–H and O–H groups in total. The zero-order chi connectivity index (χ0) is 15.7. The molecular weight excluding hydrogens is 272 g/mol. The first-order chi connectivity index (χ1) is 10.6. The quantitative estimate of drug-likeness (QED) is 0.829. The number of hydrogen-bond donors (Lipinski definition) is 0. The standard InChI is InChI=1S/C19H24N2O/c1-13-9-10-18-16(11-13)17(12-14(2)20-18)19(22)21(3)15-7-5-4-6-8-15/h9-12,15H,4-8H2,1-3H3. The fraction of sp³-hybridized carbons (Fsp3) is 0.474. The number of amides is 1. The number of carbonyl (C=O) groups excluding carboxylic acids is 1. The van der Waals surface area contributed by atoms with E-state index in [-0.39, 0.29) is 5.91 Å². The molecule has 0 radical (unpaired) electrons. The first-order valence-corrected chi connectivity index (χ1v) is 8.21. The highest BCUT2D eigenvalue weighted by Gasteiger charge is 2.24. The Bertz CT molecular complexity index is 702. The Kier molecular flexibility index (Phi) is 4.14. The van der Waals surface area contributed by atoms with Gasteiger partial charge in [-0.25, -0.2) is 0 Å². The second-order valence-corrected chi connectivity index (χ2v) is 6.54. The minimum atomic E-state index is 0.132. The van der Waals surface area contributed by atoms with Crippen molar-refractivity contribution in [3.05, 3.63) is 41.1 Å². The van der Waals surface area contributed by atoms with E-state index in [1.807, 2.05) is 37.1 Å². The van der Waals surface area contributed by atoms with Gasteiger partial charge in [-0.1, -0.05) is 30.9 Å². The highest BCUT2D eigenvalue weighted by Crippen LogP contribution is 2.26. The van der Waals surface area contributed by atoms with Gasteiger partial charge in [0.1, 0.15) is 0 Å². The van der Waals surface area contributed by atoms with Crippen molar-refractivity contribution in [2.24, 2.45) is 0 Å². The molecule has 22 heavy (non-hydrogen) atoms. The van der Waals surface area contributed by atoms with Gasteiger partial charge in [0.25, 0.3) is 5.91 Å². The van der Waals surface area contributed by atoms with E-state index in [1.54, 1.807) is 0 Å². The molecule has 0 bridgehead atoms. The van der Waals surface area contributed by atoms with Gasteiger partial charge >= 0.3 is 0 Å². The Balaban J connectivity index is 2.00. The Morgan fingerprint density at radius 1 is 1.14 bits per heavy atom.